The minimum absolute atomic E-state index is 0.120. The number of nitrogens with one attached hydrogen (secondary N) is 1. The van der Waals surface area contributed by atoms with Crippen LogP contribution in [0.3, 0.4) is 0 Å². The fourth-order valence-electron chi connectivity index (χ4n) is 3.43. The van der Waals surface area contributed by atoms with Gasteiger partial charge in [-0.1, -0.05) is 76.8 Å². The highest BCUT2D eigenvalue weighted by atomic mass is 79.9. The van der Waals surface area contributed by atoms with Gasteiger partial charge in [0.25, 0.3) is 0 Å². The van der Waals surface area contributed by atoms with Gasteiger partial charge in [0, 0.05) is 9.87 Å². The molecule has 1 N–H and O–H groups in total. The van der Waals surface area contributed by atoms with E-state index in [9.17, 15) is 4.79 Å². The molecule has 0 aliphatic rings. The third-order valence-electron chi connectivity index (χ3n) is 4.81. The second-order valence-electron chi connectivity index (χ2n) is 7.15. The molecule has 0 fully saturated rings. The molecule has 5 nitrogen and oxygen atoms in total. The van der Waals surface area contributed by atoms with E-state index >= 15 is 0 Å². The van der Waals surface area contributed by atoms with Crippen LogP contribution in [0.1, 0.15) is 23.9 Å². The first-order valence-electron chi connectivity index (χ1n) is 9.83. The largest absolute Gasteiger partial charge is 0.325 e. The predicted octanol–water partition coefficient (Wildman–Crippen LogP) is 5.92. The summed E-state index contributed by atoms with van der Waals surface area (Å²) in [7, 11) is 0. The van der Waals surface area contributed by atoms with Crippen LogP contribution in [0.25, 0.3) is 16.5 Å². The molecule has 0 bridgehead atoms. The van der Waals surface area contributed by atoms with Crippen LogP contribution in [-0.4, -0.2) is 26.4 Å². The van der Waals surface area contributed by atoms with Crippen molar-refractivity contribution < 1.29 is 4.79 Å². The van der Waals surface area contributed by atoms with Crippen molar-refractivity contribution in [3.63, 3.8) is 0 Å². The number of hydrogen-bond donors (Lipinski definition) is 1. The van der Waals surface area contributed by atoms with E-state index in [2.05, 4.69) is 70.1 Å². The number of aromatic nitrogens is 3. The van der Waals surface area contributed by atoms with Crippen LogP contribution in [-0.2, 0) is 4.79 Å². The molecule has 3 aromatic rings. The summed E-state index contributed by atoms with van der Waals surface area (Å²) < 4.78 is 2.88. The molecule has 7 heteroatoms. The highest BCUT2D eigenvalue weighted by Crippen LogP contribution is 2.32. The summed E-state index contributed by atoms with van der Waals surface area (Å²) in [4.78, 5) is 12.6. The summed E-state index contributed by atoms with van der Waals surface area (Å²) in [5.74, 6) is 0.878. The van der Waals surface area contributed by atoms with E-state index in [0.717, 1.165) is 26.9 Å². The molecule has 31 heavy (non-hydrogen) atoms. The molecular formula is C24H25BrN4OS. The van der Waals surface area contributed by atoms with Gasteiger partial charge in [-0.15, -0.1) is 10.2 Å². The third-order valence-corrected chi connectivity index (χ3v) is 6.17. The molecule has 0 unspecified atom stereocenters. The van der Waals surface area contributed by atoms with Gasteiger partial charge in [-0.3, -0.25) is 9.36 Å². The number of carbonyl (C=O) groups is 1. The molecule has 0 aliphatic heterocycles. The number of halogens is 1. The molecule has 1 heterocycles. The summed E-state index contributed by atoms with van der Waals surface area (Å²) in [5, 5.41) is 14.6. The number of hydrogen-bond acceptors (Lipinski definition) is 4. The highest BCUT2D eigenvalue weighted by molar-refractivity contribution is 9.11. The average molecular weight is 497 g/mol. The lowest BCUT2D eigenvalue weighted by molar-refractivity contribution is -0.117. The van der Waals surface area contributed by atoms with Crippen molar-refractivity contribution in [3.05, 3.63) is 82.3 Å². The zero-order chi connectivity index (χ0) is 22.5. The highest BCUT2D eigenvalue weighted by Gasteiger charge is 2.18. The molecule has 2 aromatic carbocycles. The van der Waals surface area contributed by atoms with E-state index in [4.69, 9.17) is 0 Å². The molecular weight excluding hydrogens is 472 g/mol. The van der Waals surface area contributed by atoms with Crippen LogP contribution in [0.5, 0.6) is 0 Å². The van der Waals surface area contributed by atoms with Gasteiger partial charge < -0.3 is 5.32 Å². The third kappa shape index (κ3) is 5.17. The fraction of sp³-hybridized carbons (Fsp3) is 0.208. The van der Waals surface area contributed by atoms with Crippen molar-refractivity contribution in [3.8, 4) is 5.69 Å². The molecule has 0 saturated heterocycles. The second kappa shape index (κ2) is 10.1. The van der Waals surface area contributed by atoms with Crippen molar-refractivity contribution in [2.75, 3.05) is 5.75 Å². The first-order chi connectivity index (χ1) is 14.8. The predicted molar refractivity (Wildman–Crippen MR) is 133 cm³/mol. The maximum absolute atomic E-state index is 12.6. The number of aryl methyl sites for hydroxylation is 3. The maximum Gasteiger partial charge on any atom is 0.234 e. The van der Waals surface area contributed by atoms with Gasteiger partial charge in [0.15, 0.2) is 5.16 Å². The summed E-state index contributed by atoms with van der Waals surface area (Å²) >= 11 is 4.79. The number of amides is 1. The molecule has 1 aromatic heterocycles. The Morgan fingerprint density at radius 3 is 2.58 bits per heavy atom. The first kappa shape index (κ1) is 23.0. The number of fused-ring (bicyclic) bond motifs is 1. The van der Waals surface area contributed by atoms with Crippen molar-refractivity contribution >= 4 is 44.4 Å². The topological polar surface area (TPSA) is 59.8 Å². The number of carbonyl (C=O) groups excluding carboxylic acids is 1. The molecule has 160 valence electrons. The summed E-state index contributed by atoms with van der Waals surface area (Å²) in [6, 6.07) is 10.5. The van der Waals surface area contributed by atoms with Crippen LogP contribution in [0.4, 0.5) is 0 Å². The Balaban J connectivity index is 1.91. The lowest BCUT2D eigenvalue weighted by atomic mass is 9.99. The molecule has 0 aliphatic carbocycles. The molecule has 1 amide bonds. The zero-order valence-corrected chi connectivity index (χ0v) is 20.5. The van der Waals surface area contributed by atoms with E-state index in [1.165, 1.54) is 22.7 Å². The van der Waals surface area contributed by atoms with Crippen LogP contribution in [0, 0.1) is 20.8 Å². The molecule has 0 saturated carbocycles. The quantitative estimate of drug-likeness (QED) is 0.325. The Bertz CT molecular complexity index is 1210. The number of allylic oxidation sites excluding steroid dienone is 4. The average Bonchev–Trinajstić information content (AvgIpc) is 3.09. The Kier molecular flexibility index (Phi) is 7.51. The Morgan fingerprint density at radius 1 is 1.19 bits per heavy atom. The molecule has 0 radical (unpaired) electrons. The van der Waals surface area contributed by atoms with Crippen LogP contribution in [0.2, 0.25) is 0 Å². The summed E-state index contributed by atoms with van der Waals surface area (Å²) in [6.07, 6.45) is 5.24. The summed E-state index contributed by atoms with van der Waals surface area (Å²) in [6.45, 7) is 11.7. The van der Waals surface area contributed by atoms with Gasteiger partial charge in [-0.2, -0.15) is 0 Å². The standard InChI is InChI=1S/C24H25BrN4OS/c1-6-7-12-21(17(4)25)26-22(30)14-31-24-28-27-18(5)29(24)23-16(3)13-15(2)19-10-8-9-11-20(19)23/h6-13H,1,14H2,2-5H3,(H,26,30)/b12-7-,21-17-. The van der Waals surface area contributed by atoms with Gasteiger partial charge in [0.1, 0.15) is 5.82 Å². The monoisotopic (exact) mass is 496 g/mol. The van der Waals surface area contributed by atoms with Crippen molar-refractivity contribution in [2.45, 2.75) is 32.9 Å². The number of rotatable bonds is 7. The van der Waals surface area contributed by atoms with Crippen molar-refractivity contribution in [2.24, 2.45) is 0 Å². The van der Waals surface area contributed by atoms with Gasteiger partial charge in [-0.25, -0.2) is 0 Å². The minimum Gasteiger partial charge on any atom is -0.325 e. The van der Waals surface area contributed by atoms with Crippen molar-refractivity contribution in [1.29, 1.82) is 0 Å². The van der Waals surface area contributed by atoms with Gasteiger partial charge in [0.2, 0.25) is 5.91 Å². The van der Waals surface area contributed by atoms with E-state index in [1.54, 1.807) is 18.2 Å². The number of thioether (sulfide) groups is 1. The maximum atomic E-state index is 12.6. The van der Waals surface area contributed by atoms with E-state index in [0.29, 0.717) is 10.9 Å². The molecule has 3 rings (SSSR count). The van der Waals surface area contributed by atoms with Crippen LogP contribution >= 0.6 is 27.7 Å². The van der Waals surface area contributed by atoms with E-state index < -0.39 is 0 Å². The van der Waals surface area contributed by atoms with Gasteiger partial charge in [-0.05, 0) is 50.3 Å². The van der Waals surface area contributed by atoms with Crippen LogP contribution in [0.15, 0.2) is 70.5 Å². The minimum atomic E-state index is -0.120. The lowest BCUT2D eigenvalue weighted by Crippen LogP contribution is -2.24. The van der Waals surface area contributed by atoms with Crippen LogP contribution < -0.4 is 5.32 Å². The Labute approximate surface area is 195 Å². The SMILES string of the molecule is C=C/C=C\C(NC(=O)CSc1nnc(C)n1-c1c(C)cc(C)c2ccccc12)=C(/C)Br. The smallest absolute Gasteiger partial charge is 0.234 e. The fourth-order valence-corrected chi connectivity index (χ4v) is 4.45. The Morgan fingerprint density at radius 2 is 1.90 bits per heavy atom. The molecule has 0 spiro atoms. The first-order valence-corrected chi connectivity index (χ1v) is 11.6. The van der Waals surface area contributed by atoms with E-state index in [-0.39, 0.29) is 11.7 Å². The number of nitrogens with zero attached hydrogens (tertiary/aromatic N) is 3. The van der Waals surface area contributed by atoms with Gasteiger partial charge >= 0.3 is 0 Å². The lowest BCUT2D eigenvalue weighted by Gasteiger charge is -2.16. The Hall–Kier alpha value is -2.64. The molecule has 0 atom stereocenters. The van der Waals surface area contributed by atoms with E-state index in [1.807, 2.05) is 30.5 Å². The normalized spacial score (nSPS) is 12.3. The zero-order valence-electron chi connectivity index (χ0n) is 18.1. The van der Waals surface area contributed by atoms with Crippen molar-refractivity contribution in [1.82, 2.24) is 20.1 Å². The van der Waals surface area contributed by atoms with Gasteiger partial charge in [0.05, 0.1) is 17.1 Å². The number of benzene rings is 2. The summed E-state index contributed by atoms with van der Waals surface area (Å²) in [5.41, 5.74) is 4.12. The second-order valence-corrected chi connectivity index (χ2v) is 9.28.